The quantitative estimate of drug-likeness (QED) is 0.578. The van der Waals surface area contributed by atoms with Crippen molar-refractivity contribution < 1.29 is 4.74 Å². The lowest BCUT2D eigenvalue weighted by atomic mass is 10.0. The highest BCUT2D eigenvalue weighted by Gasteiger charge is 2.24. The van der Waals surface area contributed by atoms with Gasteiger partial charge in [0.2, 0.25) is 0 Å². The maximum atomic E-state index is 7.67. The highest BCUT2D eigenvalue weighted by Crippen LogP contribution is 2.29. The number of aromatic nitrogens is 4. The summed E-state index contributed by atoms with van der Waals surface area (Å²) in [7, 11) is 1.82. The normalized spacial score (nSPS) is 20.1. The summed E-state index contributed by atoms with van der Waals surface area (Å²) in [6, 6.07) is 7.96. The Bertz CT molecular complexity index is 1050. The average molecular weight is 391 g/mol. The van der Waals surface area contributed by atoms with Gasteiger partial charge in [-0.1, -0.05) is 6.07 Å². The average Bonchev–Trinajstić information content (AvgIpc) is 3.14. The molecule has 1 aliphatic rings. The molecule has 0 saturated carbocycles. The van der Waals surface area contributed by atoms with Gasteiger partial charge in [-0.3, -0.25) is 5.10 Å². The molecule has 2 aromatic heterocycles. The highest BCUT2D eigenvalue weighted by atomic mass is 16.5. The predicted octanol–water partition coefficient (Wildman–Crippen LogP) is 2.84. The van der Waals surface area contributed by atoms with E-state index in [0.29, 0.717) is 0 Å². The molecule has 1 saturated heterocycles. The predicted molar refractivity (Wildman–Crippen MR) is 115 cm³/mol. The number of H-pyrrole nitrogens is 1. The maximum absolute atomic E-state index is 7.67. The molecule has 2 atom stereocenters. The minimum absolute atomic E-state index is 0.157. The first kappa shape index (κ1) is 19.1. The third-order valence-corrected chi connectivity index (χ3v) is 4.99. The second kappa shape index (κ2) is 8.00. The first-order valence-electron chi connectivity index (χ1n) is 9.68. The fraction of sp³-hybridized carbons (Fsp3) is 0.333. The zero-order valence-electron chi connectivity index (χ0n) is 16.8. The van der Waals surface area contributed by atoms with Crippen LogP contribution in [0.3, 0.4) is 0 Å². The molecule has 8 heteroatoms. The van der Waals surface area contributed by atoms with E-state index in [1.54, 1.807) is 12.5 Å². The van der Waals surface area contributed by atoms with Crippen molar-refractivity contribution in [2.45, 2.75) is 26.1 Å². The molecule has 3 aromatic rings. The number of allylic oxidation sites excluding steroid dienone is 1. The van der Waals surface area contributed by atoms with Crippen molar-refractivity contribution in [3.63, 3.8) is 0 Å². The smallest absolute Gasteiger partial charge is 0.132 e. The fourth-order valence-electron chi connectivity index (χ4n) is 3.77. The zero-order chi connectivity index (χ0) is 20.4. The first-order chi connectivity index (χ1) is 14.1. The van der Waals surface area contributed by atoms with Gasteiger partial charge in [-0.25, -0.2) is 9.97 Å². The molecule has 0 amide bonds. The number of nitrogens with zero attached hydrogens (tertiary/aromatic N) is 4. The molecule has 0 bridgehead atoms. The van der Waals surface area contributed by atoms with E-state index in [4.69, 9.17) is 10.1 Å². The van der Waals surface area contributed by atoms with Gasteiger partial charge in [0, 0.05) is 49.6 Å². The molecule has 8 nitrogen and oxygen atoms in total. The Morgan fingerprint density at radius 2 is 2.03 bits per heavy atom. The number of morpholine rings is 1. The standard InChI is InChI=1S/C21H25N7O/c1-13-10-28(11-14(2)29-13)20-7-19(24-12-25-20)21-17-6-15(16(8-22)9-23-3)4-5-18(17)26-27-21/h4-9,12-14,22-23H,10-11H2,1-3H3,(H,26,27)/b16-9+,22-8?/t13-,14?/m1/s1. The van der Waals surface area contributed by atoms with Crippen LogP contribution >= 0.6 is 0 Å². The van der Waals surface area contributed by atoms with Crippen molar-refractivity contribution in [2.75, 3.05) is 25.0 Å². The van der Waals surface area contributed by atoms with Crippen LogP contribution in [0.1, 0.15) is 19.4 Å². The Morgan fingerprint density at radius 1 is 1.24 bits per heavy atom. The van der Waals surface area contributed by atoms with Gasteiger partial charge in [0.15, 0.2) is 0 Å². The van der Waals surface area contributed by atoms with Crippen molar-refractivity contribution >= 4 is 28.5 Å². The van der Waals surface area contributed by atoms with Crippen LogP contribution in [-0.4, -0.2) is 58.7 Å². The monoisotopic (exact) mass is 391 g/mol. The lowest BCUT2D eigenvalue weighted by Crippen LogP contribution is -2.45. The summed E-state index contributed by atoms with van der Waals surface area (Å²) < 4.78 is 5.83. The topological polar surface area (TPSA) is 103 Å². The molecular weight excluding hydrogens is 366 g/mol. The minimum atomic E-state index is 0.157. The van der Waals surface area contributed by atoms with Crippen LogP contribution in [0.25, 0.3) is 27.9 Å². The molecule has 3 heterocycles. The molecule has 150 valence electrons. The number of fused-ring (bicyclic) bond motifs is 1. The second-order valence-corrected chi connectivity index (χ2v) is 7.29. The van der Waals surface area contributed by atoms with Crippen molar-refractivity contribution in [1.29, 1.82) is 5.41 Å². The van der Waals surface area contributed by atoms with E-state index in [1.165, 1.54) is 6.21 Å². The van der Waals surface area contributed by atoms with Crippen LogP contribution in [0.2, 0.25) is 0 Å². The molecule has 1 unspecified atom stereocenters. The SMILES string of the molecule is CN/C=C(\C=N)c1ccc2[nH]nc(-c3cc(N4CC(C)O[C@H](C)C4)ncn3)c2c1. The van der Waals surface area contributed by atoms with Crippen LogP contribution in [0, 0.1) is 5.41 Å². The van der Waals surface area contributed by atoms with Gasteiger partial charge in [-0.2, -0.15) is 5.10 Å². The lowest BCUT2D eigenvalue weighted by molar-refractivity contribution is -0.00546. The number of ether oxygens (including phenoxy) is 1. The molecule has 1 fully saturated rings. The van der Waals surface area contributed by atoms with Crippen molar-refractivity contribution in [1.82, 2.24) is 25.5 Å². The van der Waals surface area contributed by atoms with Gasteiger partial charge >= 0.3 is 0 Å². The summed E-state index contributed by atoms with van der Waals surface area (Å²) in [6.45, 7) is 5.74. The number of anilines is 1. The highest BCUT2D eigenvalue weighted by molar-refractivity contribution is 6.09. The van der Waals surface area contributed by atoms with E-state index < -0.39 is 0 Å². The van der Waals surface area contributed by atoms with Crippen LogP contribution in [0.5, 0.6) is 0 Å². The van der Waals surface area contributed by atoms with Crippen molar-refractivity contribution in [3.05, 3.63) is 42.4 Å². The molecule has 1 aliphatic heterocycles. The lowest BCUT2D eigenvalue weighted by Gasteiger charge is -2.36. The largest absolute Gasteiger partial charge is 0.393 e. The number of rotatable bonds is 5. The van der Waals surface area contributed by atoms with Crippen LogP contribution in [0.4, 0.5) is 5.82 Å². The van der Waals surface area contributed by atoms with Crippen LogP contribution < -0.4 is 10.2 Å². The Labute approximate surface area is 169 Å². The van der Waals surface area contributed by atoms with Gasteiger partial charge in [-0.15, -0.1) is 0 Å². The third-order valence-electron chi connectivity index (χ3n) is 4.99. The first-order valence-corrected chi connectivity index (χ1v) is 9.68. The van der Waals surface area contributed by atoms with Gasteiger partial charge in [0.1, 0.15) is 17.8 Å². The summed E-state index contributed by atoms with van der Waals surface area (Å²) in [5, 5.41) is 19.2. The molecule has 3 N–H and O–H groups in total. The summed E-state index contributed by atoms with van der Waals surface area (Å²) in [5.74, 6) is 0.875. The Morgan fingerprint density at radius 3 is 2.76 bits per heavy atom. The number of hydrogen-bond acceptors (Lipinski definition) is 7. The summed E-state index contributed by atoms with van der Waals surface area (Å²) in [6.07, 6.45) is 5.04. The molecule has 0 spiro atoms. The van der Waals surface area contributed by atoms with Crippen molar-refractivity contribution in [2.24, 2.45) is 0 Å². The van der Waals surface area contributed by atoms with Crippen LogP contribution in [0.15, 0.2) is 36.8 Å². The van der Waals surface area contributed by atoms with Crippen molar-refractivity contribution in [3.8, 4) is 11.4 Å². The molecule has 4 rings (SSSR count). The molecule has 1 aromatic carbocycles. The number of aromatic amines is 1. The van der Waals surface area contributed by atoms with E-state index >= 15 is 0 Å². The van der Waals surface area contributed by atoms with E-state index in [-0.39, 0.29) is 12.2 Å². The van der Waals surface area contributed by atoms with E-state index in [0.717, 1.165) is 52.3 Å². The molecule has 29 heavy (non-hydrogen) atoms. The van der Waals surface area contributed by atoms with Gasteiger partial charge in [0.05, 0.1) is 23.4 Å². The molecular formula is C21H25N7O. The number of hydrogen-bond donors (Lipinski definition) is 3. The van der Waals surface area contributed by atoms with Crippen LogP contribution in [-0.2, 0) is 4.74 Å². The minimum Gasteiger partial charge on any atom is -0.393 e. The van der Waals surface area contributed by atoms with E-state index in [1.807, 2.05) is 31.3 Å². The van der Waals surface area contributed by atoms with Gasteiger partial charge in [0.25, 0.3) is 0 Å². The van der Waals surface area contributed by atoms with Gasteiger partial charge < -0.3 is 20.4 Å². The fourth-order valence-corrected chi connectivity index (χ4v) is 3.77. The van der Waals surface area contributed by atoms with Gasteiger partial charge in [-0.05, 0) is 31.5 Å². The second-order valence-electron chi connectivity index (χ2n) is 7.29. The maximum Gasteiger partial charge on any atom is 0.132 e. The van der Waals surface area contributed by atoms with E-state index in [9.17, 15) is 0 Å². The zero-order valence-corrected chi connectivity index (χ0v) is 16.8. The van der Waals surface area contributed by atoms with E-state index in [2.05, 4.69) is 44.2 Å². The number of benzene rings is 1. The molecule has 0 radical (unpaired) electrons. The molecule has 0 aliphatic carbocycles. The summed E-state index contributed by atoms with van der Waals surface area (Å²) >= 11 is 0. The Kier molecular flexibility index (Phi) is 5.26. The number of nitrogens with one attached hydrogen (secondary N) is 3. The Balaban J connectivity index is 1.73. The third kappa shape index (κ3) is 3.84. The summed E-state index contributed by atoms with van der Waals surface area (Å²) in [5.41, 5.74) is 4.19. The Hall–Kier alpha value is -3.26. The summed E-state index contributed by atoms with van der Waals surface area (Å²) in [4.78, 5) is 11.2.